The maximum Gasteiger partial charge on any atom is 0.271 e. The molecule has 0 aliphatic carbocycles. The second-order valence-electron chi connectivity index (χ2n) is 7.14. The van der Waals surface area contributed by atoms with Crippen LogP contribution in [0.5, 0.6) is 17.2 Å². The lowest BCUT2D eigenvalue weighted by Gasteiger charge is -2.11. The normalized spacial score (nSPS) is 10.4. The van der Waals surface area contributed by atoms with E-state index in [0.29, 0.717) is 29.4 Å². The van der Waals surface area contributed by atoms with Crippen LogP contribution in [-0.4, -0.2) is 41.9 Å². The van der Waals surface area contributed by atoms with Crippen molar-refractivity contribution < 1.29 is 23.9 Å². The Morgan fingerprint density at radius 1 is 1.00 bits per heavy atom. The van der Waals surface area contributed by atoms with E-state index in [1.807, 2.05) is 0 Å². The highest BCUT2D eigenvalue weighted by atomic mass is 16.6. The number of hydrogen-bond donors (Lipinski definition) is 1. The lowest BCUT2D eigenvalue weighted by atomic mass is 10.1. The smallest absolute Gasteiger partial charge is 0.271 e. The molecule has 1 aromatic heterocycles. The van der Waals surface area contributed by atoms with Gasteiger partial charge in [-0.25, -0.2) is 4.68 Å². The van der Waals surface area contributed by atoms with Crippen molar-refractivity contribution >= 4 is 17.3 Å². The van der Waals surface area contributed by atoms with E-state index in [1.165, 1.54) is 43.2 Å². The van der Waals surface area contributed by atoms with Crippen LogP contribution in [0.3, 0.4) is 0 Å². The lowest BCUT2D eigenvalue weighted by molar-refractivity contribution is -0.384. The van der Waals surface area contributed by atoms with Crippen molar-refractivity contribution in [2.24, 2.45) is 0 Å². The van der Waals surface area contributed by atoms with E-state index in [-0.39, 0.29) is 35.8 Å². The molecule has 0 spiro atoms. The van der Waals surface area contributed by atoms with Crippen LogP contribution in [0.15, 0.2) is 53.3 Å². The summed E-state index contributed by atoms with van der Waals surface area (Å²) in [6, 6.07) is 12.3. The summed E-state index contributed by atoms with van der Waals surface area (Å²) in [6.07, 6.45) is 0.395. The van der Waals surface area contributed by atoms with Crippen LogP contribution in [0, 0.1) is 10.1 Å². The highest BCUT2D eigenvalue weighted by molar-refractivity contribution is 5.92. The molecule has 0 unspecified atom stereocenters. The molecule has 0 fully saturated rings. The average molecular weight is 468 g/mol. The molecule has 0 atom stereocenters. The number of ether oxygens (including phenoxy) is 3. The van der Waals surface area contributed by atoms with E-state index in [9.17, 15) is 19.7 Å². The summed E-state index contributed by atoms with van der Waals surface area (Å²) in [4.78, 5) is 35.1. The van der Waals surface area contributed by atoms with E-state index in [1.54, 1.807) is 31.4 Å². The summed E-state index contributed by atoms with van der Waals surface area (Å²) < 4.78 is 17.0. The molecule has 0 aliphatic heterocycles. The minimum absolute atomic E-state index is 0.0700. The lowest BCUT2D eigenvalue weighted by Crippen LogP contribution is -2.23. The number of benzene rings is 2. The third-order valence-corrected chi connectivity index (χ3v) is 4.99. The van der Waals surface area contributed by atoms with Gasteiger partial charge in [0.2, 0.25) is 5.91 Å². The van der Waals surface area contributed by atoms with Crippen LogP contribution in [0.25, 0.3) is 11.3 Å². The molecular weight excluding hydrogens is 444 g/mol. The fourth-order valence-electron chi connectivity index (χ4n) is 3.27. The van der Waals surface area contributed by atoms with E-state index in [0.717, 1.165) is 5.56 Å². The Bertz CT molecular complexity index is 1260. The number of carbonyl (C=O) groups is 1. The quantitative estimate of drug-likeness (QED) is 0.354. The van der Waals surface area contributed by atoms with E-state index >= 15 is 0 Å². The number of aryl methyl sites for hydroxylation is 1. The minimum Gasteiger partial charge on any atom is -0.495 e. The molecule has 11 heteroatoms. The molecule has 3 aromatic rings. The molecule has 34 heavy (non-hydrogen) atoms. The molecule has 2 aromatic carbocycles. The third kappa shape index (κ3) is 5.68. The predicted octanol–water partition coefficient (Wildman–Crippen LogP) is 3.26. The first-order chi connectivity index (χ1) is 16.4. The zero-order valence-corrected chi connectivity index (χ0v) is 18.9. The third-order valence-electron chi connectivity index (χ3n) is 4.99. The number of nitro benzene ring substituents is 1. The van der Waals surface area contributed by atoms with Gasteiger partial charge in [-0.2, -0.15) is 5.10 Å². The Labute approximate surface area is 195 Å². The Morgan fingerprint density at radius 2 is 1.71 bits per heavy atom. The minimum atomic E-state index is -0.557. The molecule has 0 saturated heterocycles. The first kappa shape index (κ1) is 24.2. The van der Waals surface area contributed by atoms with Gasteiger partial charge in [-0.3, -0.25) is 19.7 Å². The van der Waals surface area contributed by atoms with Gasteiger partial charge in [0, 0.05) is 36.7 Å². The molecule has 0 radical (unpaired) electrons. The zero-order valence-electron chi connectivity index (χ0n) is 18.9. The molecule has 0 bridgehead atoms. The molecule has 1 heterocycles. The van der Waals surface area contributed by atoms with E-state index in [2.05, 4.69) is 10.4 Å². The fraction of sp³-hybridized carbons (Fsp3) is 0.261. The fourth-order valence-corrected chi connectivity index (χ4v) is 3.27. The number of methoxy groups -OCH3 is 3. The number of non-ortho nitro benzene ring substituents is 1. The Morgan fingerprint density at radius 3 is 2.38 bits per heavy atom. The van der Waals surface area contributed by atoms with Crippen LogP contribution in [0.4, 0.5) is 11.4 Å². The van der Waals surface area contributed by atoms with Crippen molar-refractivity contribution in [1.82, 2.24) is 9.78 Å². The van der Waals surface area contributed by atoms with Crippen molar-refractivity contribution in [2.75, 3.05) is 26.6 Å². The van der Waals surface area contributed by atoms with Crippen molar-refractivity contribution in [3.63, 3.8) is 0 Å². The number of hydrogen-bond acceptors (Lipinski definition) is 8. The monoisotopic (exact) mass is 468 g/mol. The van der Waals surface area contributed by atoms with Crippen LogP contribution in [-0.2, 0) is 11.3 Å². The van der Waals surface area contributed by atoms with Gasteiger partial charge in [0.05, 0.1) is 37.6 Å². The summed E-state index contributed by atoms with van der Waals surface area (Å²) >= 11 is 0. The van der Waals surface area contributed by atoms with Crippen LogP contribution in [0.1, 0.15) is 12.8 Å². The van der Waals surface area contributed by atoms with Gasteiger partial charge in [-0.1, -0.05) is 0 Å². The van der Waals surface area contributed by atoms with Crippen molar-refractivity contribution in [3.05, 3.63) is 69.0 Å². The Balaban J connectivity index is 1.68. The van der Waals surface area contributed by atoms with Gasteiger partial charge in [-0.15, -0.1) is 0 Å². The Hall–Kier alpha value is -4.41. The van der Waals surface area contributed by atoms with Gasteiger partial charge in [0.15, 0.2) is 11.5 Å². The van der Waals surface area contributed by atoms with Crippen molar-refractivity contribution in [1.29, 1.82) is 0 Å². The van der Waals surface area contributed by atoms with E-state index < -0.39 is 4.92 Å². The topological polar surface area (TPSA) is 135 Å². The highest BCUT2D eigenvalue weighted by Gasteiger charge is 2.14. The second-order valence-corrected chi connectivity index (χ2v) is 7.14. The molecule has 0 saturated carbocycles. The maximum atomic E-state index is 12.4. The SMILES string of the molecule is COc1ccc([N+](=O)[O-])cc1NC(=O)CCCn1nc(-c2ccc(OC)c(OC)c2)ccc1=O. The first-order valence-corrected chi connectivity index (χ1v) is 10.3. The van der Waals surface area contributed by atoms with Crippen LogP contribution < -0.4 is 25.1 Å². The number of anilines is 1. The molecule has 1 N–H and O–H groups in total. The highest BCUT2D eigenvalue weighted by Crippen LogP contribution is 2.31. The Kier molecular flexibility index (Phi) is 7.80. The summed E-state index contributed by atoms with van der Waals surface area (Å²) in [5.41, 5.74) is 1.03. The van der Waals surface area contributed by atoms with Gasteiger partial charge < -0.3 is 19.5 Å². The van der Waals surface area contributed by atoms with Gasteiger partial charge in [0.25, 0.3) is 11.2 Å². The molecule has 178 valence electrons. The number of nitrogens with one attached hydrogen (secondary N) is 1. The van der Waals surface area contributed by atoms with Gasteiger partial charge >= 0.3 is 0 Å². The number of nitro groups is 1. The van der Waals surface area contributed by atoms with E-state index in [4.69, 9.17) is 14.2 Å². The summed E-state index contributed by atoms with van der Waals surface area (Å²) in [5, 5.41) is 18.0. The number of nitrogens with zero attached hydrogens (tertiary/aromatic N) is 3. The van der Waals surface area contributed by atoms with Crippen molar-refractivity contribution in [2.45, 2.75) is 19.4 Å². The summed E-state index contributed by atoms with van der Waals surface area (Å²) in [6.45, 7) is 0.208. The maximum absolute atomic E-state index is 12.4. The molecule has 3 rings (SSSR count). The van der Waals surface area contributed by atoms with Gasteiger partial charge in [0.1, 0.15) is 5.75 Å². The first-order valence-electron chi connectivity index (χ1n) is 10.3. The van der Waals surface area contributed by atoms with Crippen LogP contribution in [0.2, 0.25) is 0 Å². The molecule has 0 aliphatic rings. The largest absolute Gasteiger partial charge is 0.495 e. The number of rotatable bonds is 10. The summed E-state index contributed by atoms with van der Waals surface area (Å²) in [7, 11) is 4.48. The van der Waals surface area contributed by atoms with Gasteiger partial charge in [-0.05, 0) is 36.8 Å². The number of carbonyl (C=O) groups excluding carboxylic acids is 1. The predicted molar refractivity (Wildman–Crippen MR) is 125 cm³/mol. The zero-order chi connectivity index (χ0) is 24.7. The number of aromatic nitrogens is 2. The second kappa shape index (κ2) is 10.9. The molecular formula is C23H24N4O7. The number of amides is 1. The standard InChI is InChI=1S/C23H24N4O7/c1-32-19-10-7-16(27(30)31)14-18(19)24-22(28)5-4-12-26-23(29)11-8-17(25-26)15-6-9-20(33-2)21(13-15)34-3/h6-11,13-14H,4-5,12H2,1-3H3,(H,24,28). The van der Waals surface area contributed by atoms with Crippen LogP contribution >= 0.6 is 0 Å². The average Bonchev–Trinajstić information content (AvgIpc) is 2.84. The molecule has 1 amide bonds. The summed E-state index contributed by atoms with van der Waals surface area (Å²) in [5.74, 6) is 1.04. The van der Waals surface area contributed by atoms with Crippen molar-refractivity contribution in [3.8, 4) is 28.5 Å². The molecule has 11 nitrogen and oxygen atoms in total.